The Labute approximate surface area is 134 Å². The molecule has 1 aliphatic rings. The van der Waals surface area contributed by atoms with Crippen LogP contribution in [-0.2, 0) is 0 Å². The molecule has 0 bridgehead atoms. The fraction of sp³-hybridized carbons (Fsp3) is 0.125. The second kappa shape index (κ2) is 7.59. The topological polar surface area (TPSA) is 93.2 Å². The normalized spacial score (nSPS) is 12.5. The van der Waals surface area contributed by atoms with E-state index in [1.165, 1.54) is 0 Å². The summed E-state index contributed by atoms with van der Waals surface area (Å²) in [5.41, 5.74) is 3.88. The first kappa shape index (κ1) is 17.7. The van der Waals surface area contributed by atoms with Gasteiger partial charge in [-0.2, -0.15) is 0 Å². The van der Waals surface area contributed by atoms with Crippen LogP contribution in [0.4, 0.5) is 5.69 Å². The van der Waals surface area contributed by atoms with Crippen LogP contribution in [0.15, 0.2) is 53.5 Å². The molecule has 0 saturated carbocycles. The number of aliphatic imine (C=N–C) groups is 1. The first-order valence-corrected chi connectivity index (χ1v) is 6.47. The van der Waals surface area contributed by atoms with E-state index in [4.69, 9.17) is 5.11 Å². The fourth-order valence-corrected chi connectivity index (χ4v) is 2.31. The molecule has 0 saturated heterocycles. The molecule has 0 fully saturated rings. The van der Waals surface area contributed by atoms with Crippen molar-refractivity contribution in [2.24, 2.45) is 4.99 Å². The average Bonchev–Trinajstić information content (AvgIpc) is 2.69. The third kappa shape index (κ3) is 3.44. The molecule has 0 aliphatic carbocycles. The van der Waals surface area contributed by atoms with Gasteiger partial charge in [0.05, 0.1) is 17.8 Å². The SMILES string of the molecule is Cl.O.O=C(O)c1ccc2c(c1)C(c1ccccc1)=NCCN2. The number of carbonyl (C=O) groups is 1. The average molecular weight is 321 g/mol. The van der Waals surface area contributed by atoms with Crippen molar-refractivity contribution < 1.29 is 15.4 Å². The van der Waals surface area contributed by atoms with Crippen LogP contribution < -0.4 is 5.32 Å². The van der Waals surface area contributed by atoms with Crippen molar-refractivity contribution in [1.29, 1.82) is 0 Å². The number of benzene rings is 2. The summed E-state index contributed by atoms with van der Waals surface area (Å²) in [6.45, 7) is 1.41. The number of carboxylic acid groups (broad SMARTS) is 1. The molecule has 2 aromatic carbocycles. The molecule has 0 unspecified atom stereocenters. The van der Waals surface area contributed by atoms with Crippen LogP contribution >= 0.6 is 12.4 Å². The zero-order valence-electron chi connectivity index (χ0n) is 11.7. The van der Waals surface area contributed by atoms with Gasteiger partial charge in [0.2, 0.25) is 0 Å². The van der Waals surface area contributed by atoms with Gasteiger partial charge in [0.1, 0.15) is 0 Å². The Hall–Kier alpha value is -2.37. The van der Waals surface area contributed by atoms with E-state index >= 15 is 0 Å². The van der Waals surface area contributed by atoms with Crippen LogP contribution in [0.2, 0.25) is 0 Å². The Morgan fingerprint density at radius 2 is 1.86 bits per heavy atom. The van der Waals surface area contributed by atoms with Gasteiger partial charge in [-0.1, -0.05) is 30.3 Å². The van der Waals surface area contributed by atoms with Crippen LogP contribution in [-0.4, -0.2) is 35.4 Å². The van der Waals surface area contributed by atoms with Crippen molar-refractivity contribution in [3.05, 3.63) is 65.2 Å². The summed E-state index contributed by atoms with van der Waals surface area (Å²) in [6, 6.07) is 14.9. The van der Waals surface area contributed by atoms with Crippen molar-refractivity contribution in [2.75, 3.05) is 18.4 Å². The van der Waals surface area contributed by atoms with Crippen molar-refractivity contribution in [1.82, 2.24) is 0 Å². The lowest BCUT2D eigenvalue weighted by atomic mass is 9.98. The second-order valence-corrected chi connectivity index (χ2v) is 4.59. The van der Waals surface area contributed by atoms with E-state index in [-0.39, 0.29) is 23.4 Å². The minimum Gasteiger partial charge on any atom is -0.478 e. The van der Waals surface area contributed by atoms with Crippen LogP contribution in [0, 0.1) is 0 Å². The molecule has 22 heavy (non-hydrogen) atoms. The van der Waals surface area contributed by atoms with E-state index in [9.17, 15) is 4.79 Å². The standard InChI is InChI=1S/C16H14N2O2.ClH.H2O/c19-16(20)12-6-7-14-13(10-12)15(18-9-8-17-14)11-4-2-1-3-5-11;;/h1-7,10,17H,8-9H2,(H,19,20);1H;1H2. The number of hydrogen-bond donors (Lipinski definition) is 2. The minimum atomic E-state index is -0.926. The van der Waals surface area contributed by atoms with Crippen LogP contribution in [0.25, 0.3) is 0 Å². The van der Waals surface area contributed by atoms with Gasteiger partial charge >= 0.3 is 5.97 Å². The summed E-state index contributed by atoms with van der Waals surface area (Å²) < 4.78 is 0. The van der Waals surface area contributed by atoms with Crippen LogP contribution in [0.5, 0.6) is 0 Å². The highest BCUT2D eigenvalue weighted by atomic mass is 35.5. The molecule has 0 amide bonds. The molecule has 4 N–H and O–H groups in total. The number of halogens is 1. The number of benzodiazepines with no additional fused rings is 1. The van der Waals surface area contributed by atoms with E-state index in [0.29, 0.717) is 6.54 Å². The Balaban J connectivity index is 0.00000121. The Bertz CT molecular complexity index is 687. The molecule has 0 radical (unpaired) electrons. The maximum absolute atomic E-state index is 11.2. The van der Waals surface area contributed by atoms with Gasteiger partial charge in [0.15, 0.2) is 0 Å². The van der Waals surface area contributed by atoms with Gasteiger partial charge in [-0.15, -0.1) is 12.4 Å². The highest BCUT2D eigenvalue weighted by Crippen LogP contribution is 2.23. The van der Waals surface area contributed by atoms with E-state index < -0.39 is 5.97 Å². The molecule has 0 aromatic heterocycles. The largest absolute Gasteiger partial charge is 0.478 e. The summed E-state index contributed by atoms with van der Waals surface area (Å²) in [4.78, 5) is 15.8. The summed E-state index contributed by atoms with van der Waals surface area (Å²) in [6.07, 6.45) is 0. The number of nitrogens with one attached hydrogen (secondary N) is 1. The minimum absolute atomic E-state index is 0. The van der Waals surface area contributed by atoms with E-state index in [2.05, 4.69) is 10.3 Å². The predicted molar refractivity (Wildman–Crippen MR) is 89.7 cm³/mol. The smallest absolute Gasteiger partial charge is 0.335 e. The number of anilines is 1. The van der Waals surface area contributed by atoms with Gasteiger partial charge in [0, 0.05) is 23.4 Å². The monoisotopic (exact) mass is 320 g/mol. The molecular formula is C16H17ClN2O3. The Morgan fingerprint density at radius 1 is 1.14 bits per heavy atom. The first-order chi connectivity index (χ1) is 9.75. The van der Waals surface area contributed by atoms with Gasteiger partial charge in [-0.25, -0.2) is 4.79 Å². The molecule has 0 spiro atoms. The number of fused-ring (bicyclic) bond motifs is 1. The van der Waals surface area contributed by atoms with E-state index in [0.717, 1.165) is 29.1 Å². The lowest BCUT2D eigenvalue weighted by Crippen LogP contribution is -2.08. The maximum Gasteiger partial charge on any atom is 0.335 e. The van der Waals surface area contributed by atoms with E-state index in [1.807, 2.05) is 36.4 Å². The summed E-state index contributed by atoms with van der Waals surface area (Å²) in [5, 5.41) is 12.4. The number of carboxylic acids is 1. The summed E-state index contributed by atoms with van der Waals surface area (Å²) in [5.74, 6) is -0.926. The molecule has 5 nitrogen and oxygen atoms in total. The summed E-state index contributed by atoms with van der Waals surface area (Å²) >= 11 is 0. The number of aromatic carboxylic acids is 1. The molecule has 3 rings (SSSR count). The molecule has 2 aromatic rings. The predicted octanol–water partition coefficient (Wildman–Crippen LogP) is 2.24. The number of rotatable bonds is 2. The molecular weight excluding hydrogens is 304 g/mol. The quantitative estimate of drug-likeness (QED) is 0.888. The van der Waals surface area contributed by atoms with Crippen molar-refractivity contribution in [2.45, 2.75) is 0 Å². The Kier molecular flexibility index (Phi) is 6.10. The van der Waals surface area contributed by atoms with Crippen molar-refractivity contribution in [3.8, 4) is 0 Å². The molecule has 1 aliphatic heterocycles. The summed E-state index contributed by atoms with van der Waals surface area (Å²) in [7, 11) is 0. The van der Waals surface area contributed by atoms with Crippen molar-refractivity contribution in [3.63, 3.8) is 0 Å². The molecule has 1 heterocycles. The van der Waals surface area contributed by atoms with Crippen LogP contribution in [0.3, 0.4) is 0 Å². The maximum atomic E-state index is 11.2. The third-order valence-electron chi connectivity index (χ3n) is 3.27. The number of hydrogen-bond acceptors (Lipinski definition) is 3. The highest BCUT2D eigenvalue weighted by molar-refractivity contribution is 6.17. The van der Waals surface area contributed by atoms with Gasteiger partial charge in [-0.05, 0) is 18.2 Å². The molecule has 116 valence electrons. The molecule has 6 heteroatoms. The first-order valence-electron chi connectivity index (χ1n) is 6.47. The van der Waals surface area contributed by atoms with Gasteiger partial charge in [0.25, 0.3) is 0 Å². The lowest BCUT2D eigenvalue weighted by molar-refractivity contribution is 0.0697. The molecule has 0 atom stereocenters. The zero-order chi connectivity index (χ0) is 13.9. The lowest BCUT2D eigenvalue weighted by Gasteiger charge is -2.11. The van der Waals surface area contributed by atoms with Gasteiger partial charge < -0.3 is 15.9 Å². The van der Waals surface area contributed by atoms with E-state index in [1.54, 1.807) is 12.1 Å². The Morgan fingerprint density at radius 3 is 2.55 bits per heavy atom. The fourth-order valence-electron chi connectivity index (χ4n) is 2.31. The highest BCUT2D eigenvalue weighted by Gasteiger charge is 2.16. The number of nitrogens with zero attached hydrogens (tertiary/aromatic N) is 1. The second-order valence-electron chi connectivity index (χ2n) is 4.59. The van der Waals surface area contributed by atoms with Crippen molar-refractivity contribution >= 4 is 29.8 Å². The zero-order valence-corrected chi connectivity index (χ0v) is 12.6. The third-order valence-corrected chi connectivity index (χ3v) is 3.27. The van der Waals surface area contributed by atoms with Crippen LogP contribution in [0.1, 0.15) is 21.5 Å². The van der Waals surface area contributed by atoms with Gasteiger partial charge in [-0.3, -0.25) is 4.99 Å².